The number of morpholine rings is 1. The Kier molecular flexibility index (Phi) is 5.67. The molecule has 0 aliphatic carbocycles. The fourth-order valence-corrected chi connectivity index (χ4v) is 3.04. The molecular weight excluding hydrogens is 284 g/mol. The minimum atomic E-state index is -0.194. The van der Waals surface area contributed by atoms with Crippen molar-refractivity contribution in [1.82, 2.24) is 4.90 Å². The highest BCUT2D eigenvalue weighted by atomic mass is 32.2. The van der Waals surface area contributed by atoms with Gasteiger partial charge >= 0.3 is 0 Å². The molecule has 0 amide bonds. The Labute approximate surface area is 131 Å². The van der Waals surface area contributed by atoms with Crippen molar-refractivity contribution in [3.8, 4) is 0 Å². The van der Waals surface area contributed by atoms with E-state index < -0.39 is 0 Å². The molecule has 4 nitrogen and oxygen atoms in total. The van der Waals surface area contributed by atoms with Crippen LogP contribution in [0.3, 0.4) is 0 Å². The number of hydrogen-bond acceptors (Lipinski definition) is 5. The molecule has 1 heterocycles. The highest BCUT2D eigenvalue weighted by Gasteiger charge is 2.34. The maximum absolute atomic E-state index is 5.46. The van der Waals surface area contributed by atoms with Crippen LogP contribution in [-0.4, -0.2) is 55.8 Å². The van der Waals surface area contributed by atoms with Crippen LogP contribution >= 0.6 is 11.8 Å². The van der Waals surface area contributed by atoms with E-state index in [-0.39, 0.29) is 5.54 Å². The van der Waals surface area contributed by atoms with Crippen molar-refractivity contribution in [3.05, 3.63) is 29.8 Å². The van der Waals surface area contributed by atoms with Gasteiger partial charge in [0, 0.05) is 23.5 Å². The molecule has 0 N–H and O–H groups in total. The maximum atomic E-state index is 5.46. The van der Waals surface area contributed by atoms with Gasteiger partial charge in [-0.3, -0.25) is 4.90 Å². The lowest BCUT2D eigenvalue weighted by Gasteiger charge is -2.41. The van der Waals surface area contributed by atoms with E-state index in [1.165, 1.54) is 4.90 Å². The second kappa shape index (κ2) is 7.29. The van der Waals surface area contributed by atoms with Crippen LogP contribution in [0.15, 0.2) is 34.3 Å². The third-order valence-corrected chi connectivity index (χ3v) is 4.67. The smallest absolute Gasteiger partial charge is 0.107 e. The molecule has 1 fully saturated rings. The molecule has 0 atom stereocenters. The van der Waals surface area contributed by atoms with Crippen LogP contribution in [0.5, 0.6) is 0 Å². The van der Waals surface area contributed by atoms with E-state index in [0.717, 1.165) is 37.6 Å². The lowest BCUT2D eigenvalue weighted by molar-refractivity contribution is 0.00922. The van der Waals surface area contributed by atoms with Gasteiger partial charge < -0.3 is 9.57 Å². The van der Waals surface area contributed by atoms with E-state index in [1.807, 2.05) is 0 Å². The lowest BCUT2D eigenvalue weighted by atomic mass is 9.90. The average Bonchev–Trinajstić information content (AvgIpc) is 2.53. The number of oxime groups is 1. The number of rotatable bonds is 5. The minimum absolute atomic E-state index is 0.194. The highest BCUT2D eigenvalue weighted by molar-refractivity contribution is 7.98. The molecule has 0 saturated carbocycles. The second-order valence-corrected chi connectivity index (χ2v) is 6.39. The molecule has 1 saturated heterocycles. The Hall–Kier alpha value is -1.04. The van der Waals surface area contributed by atoms with Gasteiger partial charge in [0.2, 0.25) is 0 Å². The van der Waals surface area contributed by atoms with Gasteiger partial charge in [-0.05, 0) is 32.2 Å². The van der Waals surface area contributed by atoms with Gasteiger partial charge in [-0.2, -0.15) is 0 Å². The fourth-order valence-electron chi connectivity index (χ4n) is 2.63. The molecule has 0 radical (unpaired) electrons. The van der Waals surface area contributed by atoms with Crippen LogP contribution in [-0.2, 0) is 9.57 Å². The molecule has 1 aromatic rings. The first-order chi connectivity index (χ1) is 10.1. The quantitative estimate of drug-likeness (QED) is 0.476. The summed E-state index contributed by atoms with van der Waals surface area (Å²) in [5.41, 5.74) is 1.87. The minimum Gasteiger partial charge on any atom is -0.399 e. The Morgan fingerprint density at radius 3 is 2.38 bits per heavy atom. The van der Waals surface area contributed by atoms with Crippen LogP contribution in [0.1, 0.15) is 19.4 Å². The van der Waals surface area contributed by atoms with Gasteiger partial charge in [0.15, 0.2) is 0 Å². The summed E-state index contributed by atoms with van der Waals surface area (Å²) < 4.78 is 5.46. The van der Waals surface area contributed by atoms with E-state index in [1.54, 1.807) is 18.9 Å². The van der Waals surface area contributed by atoms with Gasteiger partial charge in [-0.25, -0.2) is 0 Å². The van der Waals surface area contributed by atoms with Crippen molar-refractivity contribution in [3.63, 3.8) is 0 Å². The Bertz CT molecular complexity index is 480. The summed E-state index contributed by atoms with van der Waals surface area (Å²) in [7, 11) is 1.60. The SMILES string of the molecule is CO/N=C(\c1ccc(SC)cc1)C(C)(C)N1CCOCC1. The van der Waals surface area contributed by atoms with E-state index in [0.29, 0.717) is 0 Å². The van der Waals surface area contributed by atoms with Crippen molar-refractivity contribution < 1.29 is 9.57 Å². The maximum Gasteiger partial charge on any atom is 0.107 e. The number of nitrogens with zero attached hydrogens (tertiary/aromatic N) is 2. The second-order valence-electron chi connectivity index (χ2n) is 5.51. The van der Waals surface area contributed by atoms with Crippen molar-refractivity contribution in [1.29, 1.82) is 0 Å². The molecule has 0 bridgehead atoms. The monoisotopic (exact) mass is 308 g/mol. The van der Waals surface area contributed by atoms with Crippen molar-refractivity contribution in [2.45, 2.75) is 24.3 Å². The van der Waals surface area contributed by atoms with Gasteiger partial charge in [0.25, 0.3) is 0 Å². The molecular formula is C16H24N2O2S. The largest absolute Gasteiger partial charge is 0.399 e. The van der Waals surface area contributed by atoms with Crippen LogP contribution in [0.2, 0.25) is 0 Å². The Morgan fingerprint density at radius 2 is 1.86 bits per heavy atom. The Balaban J connectivity index is 2.30. The third-order valence-electron chi connectivity index (χ3n) is 3.93. The first-order valence-corrected chi connectivity index (χ1v) is 8.41. The first kappa shape index (κ1) is 16.3. The molecule has 1 aromatic carbocycles. The van der Waals surface area contributed by atoms with Gasteiger partial charge in [0.05, 0.1) is 18.8 Å². The molecule has 5 heteroatoms. The number of thioether (sulfide) groups is 1. The van der Waals surface area contributed by atoms with E-state index >= 15 is 0 Å². The zero-order valence-electron chi connectivity index (χ0n) is 13.3. The van der Waals surface area contributed by atoms with E-state index in [4.69, 9.17) is 9.57 Å². The topological polar surface area (TPSA) is 34.1 Å². The summed E-state index contributed by atoms with van der Waals surface area (Å²) in [4.78, 5) is 8.77. The predicted molar refractivity (Wildman–Crippen MR) is 88.2 cm³/mol. The van der Waals surface area contributed by atoms with E-state index in [9.17, 15) is 0 Å². The molecule has 2 rings (SSSR count). The number of benzene rings is 1. The average molecular weight is 308 g/mol. The lowest BCUT2D eigenvalue weighted by Crippen LogP contribution is -2.54. The standard InChI is InChI=1S/C16H24N2O2S/c1-16(2,18-9-11-20-12-10-18)15(17-19-3)13-5-7-14(21-4)8-6-13/h5-8H,9-12H2,1-4H3/b17-15+. The van der Waals surface area contributed by atoms with Crippen molar-refractivity contribution in [2.75, 3.05) is 39.7 Å². The molecule has 116 valence electrons. The van der Waals surface area contributed by atoms with Crippen LogP contribution in [0.25, 0.3) is 0 Å². The van der Waals surface area contributed by atoms with Crippen LogP contribution in [0.4, 0.5) is 0 Å². The first-order valence-electron chi connectivity index (χ1n) is 7.18. The Morgan fingerprint density at radius 1 is 1.24 bits per heavy atom. The molecule has 1 aliphatic rings. The number of hydrogen-bond donors (Lipinski definition) is 0. The summed E-state index contributed by atoms with van der Waals surface area (Å²) >= 11 is 1.74. The summed E-state index contributed by atoms with van der Waals surface area (Å²) in [6, 6.07) is 8.49. The van der Waals surface area contributed by atoms with Crippen molar-refractivity contribution >= 4 is 17.5 Å². The zero-order chi connectivity index (χ0) is 15.3. The highest BCUT2D eigenvalue weighted by Crippen LogP contribution is 2.24. The van der Waals surface area contributed by atoms with Gasteiger partial charge in [-0.15, -0.1) is 11.8 Å². The predicted octanol–water partition coefficient (Wildman–Crippen LogP) is 2.87. The molecule has 0 spiro atoms. The van der Waals surface area contributed by atoms with Crippen LogP contribution < -0.4 is 0 Å². The van der Waals surface area contributed by atoms with E-state index in [2.05, 4.69) is 54.4 Å². The summed E-state index contributed by atoms with van der Waals surface area (Å²) in [5, 5.41) is 4.32. The summed E-state index contributed by atoms with van der Waals surface area (Å²) in [5.74, 6) is 0. The van der Waals surface area contributed by atoms with Gasteiger partial charge in [-0.1, -0.05) is 17.3 Å². The zero-order valence-corrected chi connectivity index (χ0v) is 14.1. The third kappa shape index (κ3) is 3.78. The van der Waals surface area contributed by atoms with Crippen LogP contribution in [0, 0.1) is 0 Å². The number of ether oxygens (including phenoxy) is 1. The van der Waals surface area contributed by atoms with Crippen molar-refractivity contribution in [2.24, 2.45) is 5.16 Å². The molecule has 0 unspecified atom stereocenters. The normalized spacial score (nSPS) is 17.8. The molecule has 1 aliphatic heterocycles. The molecule has 0 aromatic heterocycles. The summed E-state index contributed by atoms with van der Waals surface area (Å²) in [6.07, 6.45) is 2.08. The fraction of sp³-hybridized carbons (Fsp3) is 0.562. The van der Waals surface area contributed by atoms with Gasteiger partial charge in [0.1, 0.15) is 12.8 Å². The summed E-state index contributed by atoms with van der Waals surface area (Å²) in [6.45, 7) is 7.76. The molecule has 21 heavy (non-hydrogen) atoms.